The van der Waals surface area contributed by atoms with Gasteiger partial charge in [0.1, 0.15) is 5.69 Å². The first-order chi connectivity index (χ1) is 9.34. The van der Waals surface area contributed by atoms with E-state index in [1.54, 1.807) is 24.5 Å². The fourth-order valence-electron chi connectivity index (χ4n) is 2.05. The number of aromatic nitrogens is 2. The molecule has 0 unspecified atom stereocenters. The first kappa shape index (κ1) is 11.5. The number of carbonyl (C=O) groups is 1. The highest BCUT2D eigenvalue weighted by Crippen LogP contribution is 2.15. The number of nitrogens with zero attached hydrogens (tertiary/aromatic N) is 1. The van der Waals surface area contributed by atoms with Crippen LogP contribution in [0.1, 0.15) is 16.1 Å². The van der Waals surface area contributed by atoms with Crippen LogP contribution in [0.2, 0.25) is 0 Å². The van der Waals surface area contributed by atoms with Crippen molar-refractivity contribution in [2.45, 2.75) is 6.54 Å². The highest BCUT2D eigenvalue weighted by molar-refractivity contribution is 5.92. The Morgan fingerprint density at radius 3 is 2.89 bits per heavy atom. The number of H-pyrrole nitrogens is 1. The number of hydrogen-bond donors (Lipinski definition) is 2. The molecule has 1 amide bonds. The van der Waals surface area contributed by atoms with Gasteiger partial charge in [-0.1, -0.05) is 24.3 Å². The van der Waals surface area contributed by atoms with Gasteiger partial charge in [-0.3, -0.25) is 9.78 Å². The van der Waals surface area contributed by atoms with Crippen molar-refractivity contribution in [2.24, 2.45) is 0 Å². The lowest BCUT2D eigenvalue weighted by molar-refractivity contribution is 0.0946. The summed E-state index contributed by atoms with van der Waals surface area (Å²) in [5, 5.41) is 3.96. The minimum absolute atomic E-state index is 0.113. The molecule has 2 N–H and O–H groups in total. The van der Waals surface area contributed by atoms with Crippen molar-refractivity contribution in [2.75, 3.05) is 0 Å². The van der Waals surface area contributed by atoms with Gasteiger partial charge in [0, 0.05) is 24.3 Å². The molecular formula is C15H13N3O. The Balaban J connectivity index is 1.81. The summed E-state index contributed by atoms with van der Waals surface area (Å²) >= 11 is 0. The van der Waals surface area contributed by atoms with E-state index in [4.69, 9.17) is 0 Å². The lowest BCUT2D eigenvalue weighted by Gasteiger charge is -2.07. The molecule has 1 aromatic carbocycles. The molecule has 0 saturated heterocycles. The van der Waals surface area contributed by atoms with Gasteiger partial charge >= 0.3 is 0 Å². The number of pyridine rings is 1. The summed E-state index contributed by atoms with van der Waals surface area (Å²) < 4.78 is 0. The third kappa shape index (κ3) is 2.33. The molecule has 4 heteroatoms. The molecule has 0 atom stereocenters. The second kappa shape index (κ2) is 4.94. The van der Waals surface area contributed by atoms with Gasteiger partial charge in [-0.05, 0) is 23.8 Å². The van der Waals surface area contributed by atoms with E-state index in [2.05, 4.69) is 15.3 Å². The monoisotopic (exact) mass is 251 g/mol. The Kier molecular flexibility index (Phi) is 2.98. The Labute approximate surface area is 110 Å². The van der Waals surface area contributed by atoms with Gasteiger partial charge in [-0.15, -0.1) is 0 Å². The zero-order valence-electron chi connectivity index (χ0n) is 10.3. The molecule has 0 bridgehead atoms. The quantitative estimate of drug-likeness (QED) is 0.751. The third-order valence-corrected chi connectivity index (χ3v) is 3.00. The average Bonchev–Trinajstić information content (AvgIpc) is 2.99. The Bertz CT molecular complexity index is 699. The van der Waals surface area contributed by atoms with Crippen molar-refractivity contribution in [1.29, 1.82) is 0 Å². The van der Waals surface area contributed by atoms with Crippen molar-refractivity contribution in [1.82, 2.24) is 15.3 Å². The van der Waals surface area contributed by atoms with E-state index < -0.39 is 0 Å². The maximum atomic E-state index is 11.9. The molecule has 3 aromatic rings. The molecule has 94 valence electrons. The van der Waals surface area contributed by atoms with Crippen LogP contribution in [0.5, 0.6) is 0 Å². The SMILES string of the molecule is O=C(NCc1cccc2cccnc12)c1ccc[nH]1. The molecule has 0 aliphatic heterocycles. The number of nitrogens with one attached hydrogen (secondary N) is 2. The fourth-order valence-corrected chi connectivity index (χ4v) is 2.05. The van der Waals surface area contributed by atoms with Gasteiger partial charge in [0.25, 0.3) is 5.91 Å². The molecule has 0 aliphatic rings. The minimum Gasteiger partial charge on any atom is -0.357 e. The second-order valence-electron chi connectivity index (χ2n) is 4.26. The van der Waals surface area contributed by atoms with Crippen molar-refractivity contribution >= 4 is 16.8 Å². The molecule has 0 fully saturated rings. The molecule has 0 aliphatic carbocycles. The summed E-state index contributed by atoms with van der Waals surface area (Å²) in [6.45, 7) is 0.464. The van der Waals surface area contributed by atoms with Crippen molar-refractivity contribution in [3.63, 3.8) is 0 Å². The fraction of sp³-hybridized carbons (Fsp3) is 0.0667. The molecule has 0 saturated carbocycles. The van der Waals surface area contributed by atoms with Gasteiger partial charge < -0.3 is 10.3 Å². The predicted molar refractivity (Wildman–Crippen MR) is 73.7 cm³/mol. The second-order valence-corrected chi connectivity index (χ2v) is 4.26. The first-order valence-corrected chi connectivity index (χ1v) is 6.09. The van der Waals surface area contributed by atoms with Gasteiger partial charge in [-0.25, -0.2) is 0 Å². The molecule has 2 aromatic heterocycles. The Morgan fingerprint density at radius 2 is 2.05 bits per heavy atom. The summed E-state index contributed by atoms with van der Waals surface area (Å²) in [6, 6.07) is 13.4. The van der Waals surface area contributed by atoms with Gasteiger partial charge in [0.05, 0.1) is 5.52 Å². The number of amides is 1. The average molecular weight is 251 g/mol. The van der Waals surface area contributed by atoms with E-state index in [0.717, 1.165) is 16.5 Å². The van der Waals surface area contributed by atoms with Crippen LogP contribution in [0.3, 0.4) is 0 Å². The van der Waals surface area contributed by atoms with Crippen LogP contribution < -0.4 is 5.32 Å². The zero-order chi connectivity index (χ0) is 13.1. The van der Waals surface area contributed by atoms with Gasteiger partial charge in [-0.2, -0.15) is 0 Å². The summed E-state index contributed by atoms with van der Waals surface area (Å²) in [6.07, 6.45) is 3.49. The first-order valence-electron chi connectivity index (χ1n) is 6.09. The summed E-state index contributed by atoms with van der Waals surface area (Å²) in [7, 11) is 0. The molecule has 19 heavy (non-hydrogen) atoms. The third-order valence-electron chi connectivity index (χ3n) is 3.00. The van der Waals surface area contributed by atoms with E-state index in [9.17, 15) is 4.79 Å². The largest absolute Gasteiger partial charge is 0.357 e. The highest BCUT2D eigenvalue weighted by Gasteiger charge is 2.07. The van der Waals surface area contributed by atoms with Gasteiger partial charge in [0.2, 0.25) is 0 Å². The minimum atomic E-state index is -0.113. The van der Waals surface area contributed by atoms with E-state index in [1.807, 2.05) is 30.3 Å². The molecule has 4 nitrogen and oxygen atoms in total. The number of aromatic amines is 1. The number of para-hydroxylation sites is 1. The Morgan fingerprint density at radius 1 is 1.16 bits per heavy atom. The lowest BCUT2D eigenvalue weighted by Crippen LogP contribution is -2.23. The van der Waals surface area contributed by atoms with Crippen LogP contribution in [-0.4, -0.2) is 15.9 Å². The summed E-state index contributed by atoms with van der Waals surface area (Å²) in [4.78, 5) is 19.1. The smallest absolute Gasteiger partial charge is 0.267 e. The van der Waals surface area contributed by atoms with Crippen LogP contribution in [0.25, 0.3) is 10.9 Å². The van der Waals surface area contributed by atoms with E-state index in [1.165, 1.54) is 0 Å². The number of carbonyl (C=O) groups excluding carboxylic acids is 1. The van der Waals surface area contributed by atoms with Crippen LogP contribution in [-0.2, 0) is 6.54 Å². The molecule has 2 heterocycles. The van der Waals surface area contributed by atoms with Crippen LogP contribution in [0.15, 0.2) is 54.9 Å². The van der Waals surface area contributed by atoms with Gasteiger partial charge in [0.15, 0.2) is 0 Å². The van der Waals surface area contributed by atoms with Crippen LogP contribution in [0.4, 0.5) is 0 Å². The highest BCUT2D eigenvalue weighted by atomic mass is 16.1. The van der Waals surface area contributed by atoms with Crippen molar-refractivity contribution < 1.29 is 4.79 Å². The summed E-state index contributed by atoms with van der Waals surface area (Å²) in [5.41, 5.74) is 2.50. The zero-order valence-corrected chi connectivity index (χ0v) is 10.3. The maximum absolute atomic E-state index is 11.9. The van der Waals surface area contributed by atoms with E-state index in [0.29, 0.717) is 12.2 Å². The molecular weight excluding hydrogens is 238 g/mol. The number of rotatable bonds is 3. The van der Waals surface area contributed by atoms with Crippen molar-refractivity contribution in [3.05, 3.63) is 66.1 Å². The van der Waals surface area contributed by atoms with E-state index >= 15 is 0 Å². The van der Waals surface area contributed by atoms with Crippen molar-refractivity contribution in [3.8, 4) is 0 Å². The maximum Gasteiger partial charge on any atom is 0.267 e. The predicted octanol–water partition coefficient (Wildman–Crippen LogP) is 2.49. The molecule has 3 rings (SSSR count). The lowest BCUT2D eigenvalue weighted by atomic mass is 10.1. The number of hydrogen-bond acceptors (Lipinski definition) is 2. The van der Waals surface area contributed by atoms with Crippen LogP contribution >= 0.6 is 0 Å². The normalized spacial score (nSPS) is 10.5. The Hall–Kier alpha value is -2.62. The molecule has 0 radical (unpaired) electrons. The number of fused-ring (bicyclic) bond motifs is 1. The van der Waals surface area contributed by atoms with E-state index in [-0.39, 0.29) is 5.91 Å². The van der Waals surface area contributed by atoms with Crippen LogP contribution in [0, 0.1) is 0 Å². The molecule has 0 spiro atoms. The topological polar surface area (TPSA) is 57.8 Å². The standard InChI is InChI=1S/C15H13N3O/c19-15(13-7-3-8-16-13)18-10-12-5-1-4-11-6-2-9-17-14(11)12/h1-9,16H,10H2,(H,18,19). The summed E-state index contributed by atoms with van der Waals surface area (Å²) in [5.74, 6) is -0.113. The number of benzene rings is 1.